The van der Waals surface area contributed by atoms with Crippen LogP contribution < -0.4 is 33.5 Å². The van der Waals surface area contributed by atoms with Crippen molar-refractivity contribution in [2.24, 2.45) is 0 Å². The van der Waals surface area contributed by atoms with Gasteiger partial charge in [-0.2, -0.15) is 0 Å². The number of furan rings is 1. The van der Waals surface area contributed by atoms with Crippen LogP contribution in [0.25, 0.3) is 97.6 Å². The molecule has 0 radical (unpaired) electrons. The average Bonchev–Trinajstić information content (AvgIpc) is 3.52. The summed E-state index contributed by atoms with van der Waals surface area (Å²) in [5, 5.41) is 6.14. The summed E-state index contributed by atoms with van der Waals surface area (Å²) in [5.41, 5.74) is -0.773. The number of nitrogens with zero attached hydrogens (tertiary/aromatic N) is 2. The summed E-state index contributed by atoms with van der Waals surface area (Å²) in [4.78, 5) is 88.8. The fourth-order valence-electron chi connectivity index (χ4n) is 10.8. The van der Waals surface area contributed by atoms with E-state index in [0.717, 1.165) is 22.3 Å². The first-order valence-electron chi connectivity index (χ1n) is 22.2. The summed E-state index contributed by atoms with van der Waals surface area (Å²) in [6.45, 7) is 24.7. The second kappa shape index (κ2) is 12.4. The van der Waals surface area contributed by atoms with Crippen LogP contribution >= 0.6 is 0 Å². The molecule has 0 saturated heterocycles. The van der Waals surface area contributed by atoms with Gasteiger partial charge < -0.3 is 4.42 Å². The van der Waals surface area contributed by atoms with Crippen molar-refractivity contribution in [1.29, 1.82) is 0 Å². The molecule has 0 saturated carbocycles. The number of pyridine rings is 2. The van der Waals surface area contributed by atoms with Gasteiger partial charge in [-0.15, -0.1) is 0 Å². The van der Waals surface area contributed by atoms with Crippen LogP contribution in [0.15, 0.2) is 106 Å². The van der Waals surface area contributed by atoms with Gasteiger partial charge in [0.15, 0.2) is 0 Å². The lowest BCUT2D eigenvalue weighted by atomic mass is 9.80. The predicted molar refractivity (Wildman–Crippen MR) is 266 cm³/mol. The molecular weight excluding hydrogens is 813 g/mol. The van der Waals surface area contributed by atoms with E-state index in [1.807, 2.05) is 90.1 Å². The van der Waals surface area contributed by atoms with Gasteiger partial charge in [-0.3, -0.25) is 19.2 Å². The maximum atomic E-state index is 15.3. The SMILES string of the molecule is CC(C)(C)c1ccc(C(C)(C)C)c(-n2c(=O)c3ccc4c5ccc6c(=O)n(-c7cc(C(C)(C)C)ccc7C(C)(C)C)c(=O)c7cc8c9c(=O)oc(=O)c9c9cc(c2=O)c3c4c9c8c5c67)c1. The van der Waals surface area contributed by atoms with Gasteiger partial charge in [0.05, 0.1) is 22.1 Å². The van der Waals surface area contributed by atoms with Gasteiger partial charge in [-0.1, -0.05) is 119 Å². The highest BCUT2D eigenvalue weighted by atomic mass is 16.4. The lowest BCUT2D eigenvalue weighted by Gasteiger charge is -2.28. The number of hydrogen-bond donors (Lipinski definition) is 0. The van der Waals surface area contributed by atoms with Gasteiger partial charge in [0.25, 0.3) is 22.2 Å². The van der Waals surface area contributed by atoms with E-state index < -0.39 is 44.3 Å². The Kier molecular flexibility index (Phi) is 7.78. The highest BCUT2D eigenvalue weighted by Crippen LogP contribution is 2.50. The second-order valence-corrected chi connectivity index (χ2v) is 22.3. The second-order valence-electron chi connectivity index (χ2n) is 22.3. The topological polar surface area (TPSA) is 125 Å². The third-order valence-corrected chi connectivity index (χ3v) is 14.0. The monoisotopic (exact) mass is 860 g/mol. The lowest BCUT2D eigenvalue weighted by molar-refractivity contribution is 0.500. The molecule has 9 heteroatoms. The molecule has 324 valence electrons. The Morgan fingerprint density at radius 3 is 0.985 bits per heavy atom. The zero-order valence-electron chi connectivity index (χ0n) is 38.7. The van der Waals surface area contributed by atoms with Crippen molar-refractivity contribution in [2.75, 3.05) is 0 Å². The minimum absolute atomic E-state index is 0.0105. The van der Waals surface area contributed by atoms with E-state index in [9.17, 15) is 9.59 Å². The number of benzene rings is 8. The third kappa shape index (κ3) is 5.26. The van der Waals surface area contributed by atoms with E-state index in [1.54, 1.807) is 24.3 Å². The Hall–Kier alpha value is -7.00. The minimum Gasteiger partial charge on any atom is -0.386 e. The summed E-state index contributed by atoms with van der Waals surface area (Å²) >= 11 is 0. The molecule has 0 aliphatic carbocycles. The Bertz CT molecular complexity index is 4000. The van der Waals surface area contributed by atoms with Crippen molar-refractivity contribution in [1.82, 2.24) is 9.13 Å². The molecule has 11 rings (SSSR count). The molecule has 65 heavy (non-hydrogen) atoms. The van der Waals surface area contributed by atoms with Crippen molar-refractivity contribution in [3.63, 3.8) is 0 Å². The van der Waals surface area contributed by atoms with Crippen molar-refractivity contribution in [3.05, 3.63) is 157 Å². The molecule has 9 nitrogen and oxygen atoms in total. The van der Waals surface area contributed by atoms with E-state index in [0.29, 0.717) is 76.0 Å². The summed E-state index contributed by atoms with van der Waals surface area (Å²) in [6, 6.07) is 22.4. The number of aromatic nitrogens is 2. The van der Waals surface area contributed by atoms with Crippen LogP contribution in [0.2, 0.25) is 0 Å². The summed E-state index contributed by atoms with van der Waals surface area (Å²) in [6.07, 6.45) is 0. The van der Waals surface area contributed by atoms with Crippen LogP contribution in [0.4, 0.5) is 0 Å². The third-order valence-electron chi connectivity index (χ3n) is 14.0. The van der Waals surface area contributed by atoms with Gasteiger partial charge in [0, 0.05) is 32.3 Å². The molecule has 0 N–H and O–H groups in total. The molecule has 3 heterocycles. The molecule has 0 amide bonds. The number of rotatable bonds is 2. The molecule has 0 aliphatic rings. The van der Waals surface area contributed by atoms with Crippen LogP contribution in [0.1, 0.15) is 105 Å². The molecule has 0 bridgehead atoms. The molecule has 3 aromatic heterocycles. The van der Waals surface area contributed by atoms with Gasteiger partial charge >= 0.3 is 11.3 Å². The maximum absolute atomic E-state index is 15.3. The van der Waals surface area contributed by atoms with Crippen LogP contribution in [0.5, 0.6) is 0 Å². The molecule has 0 spiro atoms. The largest absolute Gasteiger partial charge is 0.386 e. The van der Waals surface area contributed by atoms with Crippen molar-refractivity contribution in [2.45, 2.75) is 105 Å². The van der Waals surface area contributed by atoms with Gasteiger partial charge in [-0.25, -0.2) is 18.7 Å². The molecule has 0 aliphatic heterocycles. The van der Waals surface area contributed by atoms with Gasteiger partial charge in [0.2, 0.25) is 0 Å². The van der Waals surface area contributed by atoms with Crippen molar-refractivity contribution >= 4 is 86.2 Å². The lowest BCUT2D eigenvalue weighted by Crippen LogP contribution is -2.34. The molecule has 8 aromatic carbocycles. The zero-order chi connectivity index (χ0) is 46.5. The zero-order valence-corrected chi connectivity index (χ0v) is 38.7. The molecule has 0 unspecified atom stereocenters. The first kappa shape index (κ1) is 40.8. The number of hydrogen-bond acceptors (Lipinski definition) is 7. The van der Waals surface area contributed by atoms with E-state index in [2.05, 4.69) is 41.5 Å². The first-order chi connectivity index (χ1) is 30.3. The van der Waals surface area contributed by atoms with Crippen molar-refractivity contribution in [3.8, 4) is 11.4 Å². The van der Waals surface area contributed by atoms with E-state index in [1.165, 1.54) is 9.13 Å². The molecule has 11 aromatic rings. The summed E-state index contributed by atoms with van der Waals surface area (Å²) in [5.74, 6) is 0. The molecule has 0 atom stereocenters. The van der Waals surface area contributed by atoms with Crippen molar-refractivity contribution < 1.29 is 4.42 Å². The molecule has 0 fully saturated rings. The van der Waals surface area contributed by atoms with Crippen LogP contribution in [0.3, 0.4) is 0 Å². The van der Waals surface area contributed by atoms with Crippen LogP contribution in [-0.4, -0.2) is 9.13 Å². The smallest absolute Gasteiger partial charge is 0.347 e. The van der Waals surface area contributed by atoms with Crippen LogP contribution in [-0.2, 0) is 21.7 Å². The quantitative estimate of drug-likeness (QED) is 0.125. The highest BCUT2D eigenvalue weighted by molar-refractivity contribution is 6.48. The standard InChI is InChI=1S/C56H48N2O7/c1-53(2,3)25-13-19-35(55(7,8)9)37(21-25)57-47(59)29-17-15-27-28-16-18-30-40-34(50(62)58(48(30)60)38-22-26(54(4,5)6)14-20-36(38)56(10,11)12)24-32-44(42(28)40)43-31(45-46(32)52(64)65-51(45)63)23-33(49(57)61)39(29)41(27)43/h13-24H,1-12H3. The van der Waals surface area contributed by atoms with Crippen LogP contribution in [0, 0.1) is 0 Å². The Labute approximate surface area is 371 Å². The van der Waals surface area contributed by atoms with E-state index in [4.69, 9.17) is 4.42 Å². The number of fused-ring (bicyclic) bond motifs is 4. The van der Waals surface area contributed by atoms with Gasteiger partial charge in [0.1, 0.15) is 0 Å². The van der Waals surface area contributed by atoms with E-state index >= 15 is 19.2 Å². The Morgan fingerprint density at radius 2 is 0.646 bits per heavy atom. The van der Waals surface area contributed by atoms with Gasteiger partial charge in [-0.05, 0) is 123 Å². The van der Waals surface area contributed by atoms with E-state index in [-0.39, 0.29) is 32.4 Å². The first-order valence-corrected chi connectivity index (χ1v) is 22.2. The minimum atomic E-state index is -0.870. The summed E-state index contributed by atoms with van der Waals surface area (Å²) in [7, 11) is 0. The fraction of sp³-hybridized carbons (Fsp3) is 0.286. The molecular formula is C56H48N2O7. The Balaban J connectivity index is 1.36. The Morgan fingerprint density at radius 1 is 0.323 bits per heavy atom. The summed E-state index contributed by atoms with van der Waals surface area (Å²) < 4.78 is 7.92. The normalized spacial score (nSPS) is 13.6. The predicted octanol–water partition coefficient (Wildman–Crippen LogP) is 10.6. The average molecular weight is 861 g/mol. The maximum Gasteiger partial charge on any atom is 0.347 e. The fourth-order valence-corrected chi connectivity index (χ4v) is 10.8. The highest BCUT2D eigenvalue weighted by Gasteiger charge is 2.32.